The molecule has 1 aliphatic heterocycles. The van der Waals surface area contributed by atoms with E-state index in [0.717, 1.165) is 0 Å². The maximum Gasteiger partial charge on any atom is 0.354 e. The van der Waals surface area contributed by atoms with Crippen LogP contribution in [0.1, 0.15) is 19.8 Å². The van der Waals surface area contributed by atoms with E-state index >= 15 is 0 Å². The number of likely N-dealkylation sites (tertiary alicyclic amines) is 1. The summed E-state index contributed by atoms with van der Waals surface area (Å²) >= 11 is 0. The van der Waals surface area contributed by atoms with Crippen molar-refractivity contribution in [1.82, 2.24) is 4.90 Å². The van der Waals surface area contributed by atoms with Crippen molar-refractivity contribution in [2.24, 2.45) is 0 Å². The topological polar surface area (TPSA) is 118 Å². The molecule has 2 radical (unpaired) electrons. The average Bonchev–Trinajstić information content (AvgIpc) is 2.14. The monoisotopic (exact) mass is 285 g/mol. The van der Waals surface area contributed by atoms with Gasteiger partial charge in [-0.1, -0.05) is 6.92 Å². The largest absolute Gasteiger partial charge is 0.354 e. The molecule has 1 heterocycles. The Kier molecular flexibility index (Phi) is 4.95. The van der Waals surface area contributed by atoms with Crippen molar-refractivity contribution in [3.8, 4) is 0 Å². The molecule has 0 aliphatic carbocycles. The summed E-state index contributed by atoms with van der Waals surface area (Å²) in [5.41, 5.74) is -2.04. The second kappa shape index (κ2) is 5.49. The van der Waals surface area contributed by atoms with Crippen molar-refractivity contribution in [3.63, 3.8) is 0 Å². The summed E-state index contributed by atoms with van der Waals surface area (Å²) in [6, 6.07) is -0.353. The summed E-state index contributed by atoms with van der Waals surface area (Å²) in [7, 11) is -9.77. The number of rotatable bonds is 4. The summed E-state index contributed by atoms with van der Waals surface area (Å²) in [5.74, 6) is 0. The minimum Gasteiger partial charge on any atom is -0.323 e. The van der Waals surface area contributed by atoms with Crippen LogP contribution in [-0.2, 0) is 9.13 Å². The van der Waals surface area contributed by atoms with Crippen LogP contribution in [0.15, 0.2) is 0 Å². The molecule has 0 aromatic rings. The second-order valence-electron chi connectivity index (χ2n) is 3.95. The average molecular weight is 285 g/mol. The van der Waals surface area contributed by atoms with Crippen LogP contribution < -0.4 is 0 Å². The lowest BCUT2D eigenvalue weighted by Gasteiger charge is -2.40. The Morgan fingerprint density at radius 3 is 2.24 bits per heavy atom. The van der Waals surface area contributed by atoms with E-state index in [4.69, 9.17) is 19.6 Å². The first-order valence-corrected chi connectivity index (χ1v) is 8.57. The summed E-state index contributed by atoms with van der Waals surface area (Å²) in [4.78, 5) is 37.7. The van der Waals surface area contributed by atoms with Gasteiger partial charge in [0, 0.05) is 12.6 Å². The molecular weight excluding hydrogens is 268 g/mol. The minimum absolute atomic E-state index is 0.232. The van der Waals surface area contributed by atoms with Gasteiger partial charge in [-0.3, -0.25) is 14.0 Å². The Morgan fingerprint density at radius 2 is 1.82 bits per heavy atom. The molecular formula is C8H17NO6P2. The molecule has 1 atom stereocenters. The third-order valence-corrected chi connectivity index (χ3v) is 6.26. The van der Waals surface area contributed by atoms with Crippen molar-refractivity contribution in [2.75, 3.05) is 6.54 Å². The second-order valence-corrected chi connectivity index (χ2v) is 7.70. The number of hydrogen-bond donors (Lipinski definition) is 4. The smallest absolute Gasteiger partial charge is 0.323 e. The van der Waals surface area contributed by atoms with Gasteiger partial charge < -0.3 is 19.6 Å². The van der Waals surface area contributed by atoms with Crippen LogP contribution in [0.4, 0.5) is 0 Å². The lowest BCUT2D eigenvalue weighted by molar-refractivity contribution is 0.173. The van der Waals surface area contributed by atoms with Gasteiger partial charge in [-0.05, 0) is 25.7 Å². The number of nitrogens with zero attached hydrogens (tertiary/aromatic N) is 1. The van der Waals surface area contributed by atoms with E-state index in [1.54, 1.807) is 13.3 Å². The van der Waals surface area contributed by atoms with Gasteiger partial charge in [0.05, 0.1) is 0 Å². The molecule has 17 heavy (non-hydrogen) atoms. The van der Waals surface area contributed by atoms with Gasteiger partial charge in [-0.25, -0.2) is 0 Å². The Bertz CT molecular complexity index is 328. The molecule has 0 aromatic heterocycles. The van der Waals surface area contributed by atoms with E-state index in [1.165, 1.54) is 4.90 Å². The highest BCUT2D eigenvalue weighted by Crippen LogP contribution is 2.62. The van der Waals surface area contributed by atoms with Gasteiger partial charge >= 0.3 is 15.2 Å². The summed E-state index contributed by atoms with van der Waals surface area (Å²) in [6.07, 6.45) is 4.63. The Hall–Kier alpha value is 0.260. The molecule has 0 amide bonds. The quantitative estimate of drug-likeness (QED) is 0.556. The first kappa shape index (κ1) is 15.3. The summed E-state index contributed by atoms with van der Waals surface area (Å²) in [5, 5.41) is 0. The van der Waals surface area contributed by atoms with Crippen LogP contribution in [-0.4, -0.2) is 42.6 Å². The fourth-order valence-electron chi connectivity index (χ4n) is 1.99. The number of piperidine rings is 1. The maximum absolute atomic E-state index is 11.3. The van der Waals surface area contributed by atoms with E-state index in [1.807, 2.05) is 6.42 Å². The predicted molar refractivity (Wildman–Crippen MR) is 61.9 cm³/mol. The normalized spacial score (nSPS) is 24.2. The SMILES string of the molecule is CCC1[CH][CH]CCN1C(P(=O)(O)O)P(=O)(O)O. The first-order chi connectivity index (χ1) is 7.68. The Morgan fingerprint density at radius 1 is 1.29 bits per heavy atom. The minimum atomic E-state index is -4.89. The highest BCUT2D eigenvalue weighted by atomic mass is 31.2. The van der Waals surface area contributed by atoms with Crippen LogP contribution in [0.25, 0.3) is 0 Å². The number of hydrogen-bond acceptors (Lipinski definition) is 3. The molecule has 1 aliphatic rings. The third-order valence-electron chi connectivity index (χ3n) is 2.65. The fourth-order valence-corrected chi connectivity index (χ4v) is 4.91. The molecule has 1 saturated heterocycles. The Balaban J connectivity index is 3.05. The van der Waals surface area contributed by atoms with Gasteiger partial charge in [0.25, 0.3) is 0 Å². The third kappa shape index (κ3) is 3.86. The summed E-state index contributed by atoms with van der Waals surface area (Å²) in [6.45, 7) is 2.03. The van der Waals surface area contributed by atoms with Gasteiger partial charge in [0.2, 0.25) is 5.52 Å². The van der Waals surface area contributed by atoms with Gasteiger partial charge in [0.1, 0.15) is 0 Å². The van der Waals surface area contributed by atoms with E-state index in [9.17, 15) is 9.13 Å². The lowest BCUT2D eigenvalue weighted by atomic mass is 10.0. The Labute approximate surface area is 100 Å². The molecule has 1 rings (SSSR count). The van der Waals surface area contributed by atoms with Crippen molar-refractivity contribution in [3.05, 3.63) is 12.8 Å². The fraction of sp³-hybridized carbons (Fsp3) is 0.750. The van der Waals surface area contributed by atoms with Crippen LogP contribution in [0.2, 0.25) is 0 Å². The van der Waals surface area contributed by atoms with Crippen molar-refractivity contribution in [1.29, 1.82) is 0 Å². The zero-order chi connectivity index (χ0) is 13.3. The van der Waals surface area contributed by atoms with Crippen molar-refractivity contribution in [2.45, 2.75) is 31.3 Å². The van der Waals surface area contributed by atoms with Crippen LogP contribution in [0.5, 0.6) is 0 Å². The molecule has 0 spiro atoms. The van der Waals surface area contributed by atoms with Crippen LogP contribution >= 0.6 is 15.2 Å². The molecule has 1 fully saturated rings. The van der Waals surface area contributed by atoms with Gasteiger partial charge in [0.15, 0.2) is 0 Å². The van der Waals surface area contributed by atoms with Crippen molar-refractivity contribution >= 4 is 15.2 Å². The van der Waals surface area contributed by atoms with Gasteiger partial charge in [-0.15, -0.1) is 0 Å². The first-order valence-electron chi connectivity index (χ1n) is 5.20. The molecule has 4 N–H and O–H groups in total. The van der Waals surface area contributed by atoms with Gasteiger partial charge in [-0.2, -0.15) is 0 Å². The molecule has 100 valence electrons. The molecule has 7 nitrogen and oxygen atoms in total. The zero-order valence-electron chi connectivity index (χ0n) is 9.38. The van der Waals surface area contributed by atoms with Crippen LogP contribution in [0, 0.1) is 12.8 Å². The molecule has 0 aromatic carbocycles. The molecule has 0 saturated carbocycles. The zero-order valence-corrected chi connectivity index (χ0v) is 11.2. The summed E-state index contributed by atoms with van der Waals surface area (Å²) < 4.78 is 22.6. The molecule has 9 heteroatoms. The predicted octanol–water partition coefficient (Wildman–Crippen LogP) is 0.518. The van der Waals surface area contributed by atoms with E-state index in [-0.39, 0.29) is 12.6 Å². The van der Waals surface area contributed by atoms with E-state index in [0.29, 0.717) is 12.8 Å². The van der Waals surface area contributed by atoms with Crippen LogP contribution in [0.3, 0.4) is 0 Å². The van der Waals surface area contributed by atoms with E-state index in [2.05, 4.69) is 0 Å². The highest BCUT2D eigenvalue weighted by Gasteiger charge is 2.49. The van der Waals surface area contributed by atoms with E-state index < -0.39 is 20.7 Å². The molecule has 0 bridgehead atoms. The molecule has 1 unspecified atom stereocenters. The lowest BCUT2D eigenvalue weighted by Crippen LogP contribution is -2.46. The highest BCUT2D eigenvalue weighted by molar-refractivity contribution is 7.70. The van der Waals surface area contributed by atoms with Crippen molar-refractivity contribution < 1.29 is 28.7 Å². The maximum atomic E-state index is 11.3. The standard InChI is InChI=1S/C8H17NO6P2/c1-2-7-5-3-4-6-9(7)8(16(10,11)12)17(13,14)15/h3,5,7-8H,2,4,6H2,1H3,(H2,10,11,12)(H2,13,14,15).